The monoisotopic (exact) mass is 285 g/mol. The lowest BCUT2D eigenvalue weighted by Gasteiger charge is -2.36. The predicted molar refractivity (Wildman–Crippen MR) is 82.3 cm³/mol. The Balaban J connectivity index is 1.65. The van der Waals surface area contributed by atoms with Gasteiger partial charge in [0.05, 0.1) is 11.8 Å². The van der Waals surface area contributed by atoms with Crippen molar-refractivity contribution in [1.82, 2.24) is 15.1 Å². The van der Waals surface area contributed by atoms with Crippen LogP contribution in [0.1, 0.15) is 16.1 Å². The van der Waals surface area contributed by atoms with Crippen molar-refractivity contribution in [3.05, 3.63) is 41.7 Å². The van der Waals surface area contributed by atoms with Crippen molar-refractivity contribution in [2.24, 2.45) is 0 Å². The fourth-order valence-corrected chi connectivity index (χ4v) is 2.63. The highest BCUT2D eigenvalue weighted by atomic mass is 16.2. The third-order valence-electron chi connectivity index (χ3n) is 3.86. The molecule has 6 heteroatoms. The molecule has 1 aliphatic heterocycles. The average Bonchev–Trinajstić information content (AvgIpc) is 2.93. The smallest absolute Gasteiger partial charge is 0.257 e. The van der Waals surface area contributed by atoms with Gasteiger partial charge in [0.25, 0.3) is 5.91 Å². The van der Waals surface area contributed by atoms with Crippen LogP contribution >= 0.6 is 0 Å². The van der Waals surface area contributed by atoms with Gasteiger partial charge in [0.2, 0.25) is 0 Å². The molecule has 0 aliphatic carbocycles. The average molecular weight is 285 g/mol. The zero-order valence-corrected chi connectivity index (χ0v) is 12.0. The predicted octanol–water partition coefficient (Wildman–Crippen LogP) is 1.26. The molecular formula is C15H19N5O. The molecule has 1 aromatic heterocycles. The Morgan fingerprint density at radius 3 is 2.67 bits per heavy atom. The summed E-state index contributed by atoms with van der Waals surface area (Å²) >= 11 is 0. The number of H-pyrrole nitrogens is 1. The largest absolute Gasteiger partial charge is 0.399 e. The van der Waals surface area contributed by atoms with Gasteiger partial charge in [-0.1, -0.05) is 6.07 Å². The van der Waals surface area contributed by atoms with E-state index in [9.17, 15) is 4.79 Å². The Morgan fingerprint density at radius 2 is 2.05 bits per heavy atom. The number of piperazine rings is 1. The molecule has 0 atom stereocenters. The molecule has 2 aromatic rings. The van der Waals surface area contributed by atoms with Crippen LogP contribution in [0.25, 0.3) is 0 Å². The number of nitrogen functional groups attached to an aromatic ring is 1. The van der Waals surface area contributed by atoms with Crippen molar-refractivity contribution in [3.8, 4) is 0 Å². The summed E-state index contributed by atoms with van der Waals surface area (Å²) in [6, 6.07) is 7.85. The van der Waals surface area contributed by atoms with Crippen LogP contribution in [0.5, 0.6) is 0 Å². The number of nitrogens with zero attached hydrogens (tertiary/aromatic N) is 3. The van der Waals surface area contributed by atoms with Crippen molar-refractivity contribution in [3.63, 3.8) is 0 Å². The SMILES string of the molecule is Cc1[nH]ncc1C(=O)N1CCN(c2cccc(N)c2)CC1. The summed E-state index contributed by atoms with van der Waals surface area (Å²) in [5.74, 6) is 0.0495. The fourth-order valence-electron chi connectivity index (χ4n) is 2.63. The molecular weight excluding hydrogens is 266 g/mol. The number of aromatic amines is 1. The Morgan fingerprint density at radius 1 is 1.29 bits per heavy atom. The first-order chi connectivity index (χ1) is 10.1. The molecule has 0 radical (unpaired) electrons. The number of benzene rings is 1. The van der Waals surface area contributed by atoms with E-state index < -0.39 is 0 Å². The van der Waals surface area contributed by atoms with E-state index in [1.54, 1.807) is 6.20 Å². The second kappa shape index (κ2) is 5.47. The minimum absolute atomic E-state index is 0.0495. The number of rotatable bonds is 2. The van der Waals surface area contributed by atoms with Gasteiger partial charge in [-0.25, -0.2) is 0 Å². The van der Waals surface area contributed by atoms with E-state index in [-0.39, 0.29) is 5.91 Å². The maximum absolute atomic E-state index is 12.4. The summed E-state index contributed by atoms with van der Waals surface area (Å²) in [5.41, 5.74) is 9.17. The van der Waals surface area contributed by atoms with Crippen LogP contribution in [-0.2, 0) is 0 Å². The molecule has 1 aliphatic rings. The summed E-state index contributed by atoms with van der Waals surface area (Å²) in [7, 11) is 0. The number of hydrogen-bond donors (Lipinski definition) is 2. The normalized spacial score (nSPS) is 15.3. The van der Waals surface area contributed by atoms with Crippen molar-refractivity contribution >= 4 is 17.3 Å². The Labute approximate surface area is 123 Å². The molecule has 21 heavy (non-hydrogen) atoms. The van der Waals surface area contributed by atoms with Crippen LogP contribution < -0.4 is 10.6 Å². The molecule has 0 unspecified atom stereocenters. The van der Waals surface area contributed by atoms with Crippen molar-refractivity contribution < 1.29 is 4.79 Å². The van der Waals surface area contributed by atoms with Crippen LogP contribution in [0, 0.1) is 6.92 Å². The lowest BCUT2D eigenvalue weighted by atomic mass is 10.2. The molecule has 1 amide bonds. The molecule has 3 rings (SSSR count). The standard InChI is InChI=1S/C15H19N5O/c1-11-14(10-17-18-11)15(21)20-7-5-19(6-8-20)13-4-2-3-12(16)9-13/h2-4,9-10H,5-8,16H2,1H3,(H,17,18). The number of aryl methyl sites for hydroxylation is 1. The second-order valence-corrected chi connectivity index (χ2v) is 5.28. The summed E-state index contributed by atoms with van der Waals surface area (Å²) in [5, 5.41) is 6.72. The van der Waals surface area contributed by atoms with E-state index in [2.05, 4.69) is 15.1 Å². The molecule has 1 fully saturated rings. The van der Waals surface area contributed by atoms with Gasteiger partial charge >= 0.3 is 0 Å². The molecule has 1 saturated heterocycles. The Bertz CT molecular complexity index is 643. The molecule has 0 bridgehead atoms. The van der Waals surface area contributed by atoms with Gasteiger partial charge in [-0.05, 0) is 25.1 Å². The van der Waals surface area contributed by atoms with Gasteiger partial charge < -0.3 is 15.5 Å². The van der Waals surface area contributed by atoms with Gasteiger partial charge in [0, 0.05) is 43.2 Å². The van der Waals surface area contributed by atoms with Crippen molar-refractivity contribution in [2.75, 3.05) is 36.8 Å². The maximum atomic E-state index is 12.4. The first-order valence-corrected chi connectivity index (χ1v) is 7.05. The summed E-state index contributed by atoms with van der Waals surface area (Å²) < 4.78 is 0. The highest BCUT2D eigenvalue weighted by Gasteiger charge is 2.24. The van der Waals surface area contributed by atoms with Gasteiger partial charge in [-0.3, -0.25) is 9.89 Å². The first kappa shape index (κ1) is 13.5. The molecule has 110 valence electrons. The number of carbonyl (C=O) groups is 1. The number of aromatic nitrogens is 2. The number of nitrogens with two attached hydrogens (primary N) is 1. The summed E-state index contributed by atoms with van der Waals surface area (Å²) in [4.78, 5) is 16.5. The van der Waals surface area contributed by atoms with Crippen LogP contribution in [0.4, 0.5) is 11.4 Å². The maximum Gasteiger partial charge on any atom is 0.257 e. The fraction of sp³-hybridized carbons (Fsp3) is 0.333. The summed E-state index contributed by atoms with van der Waals surface area (Å²) in [6.45, 7) is 4.90. The van der Waals surface area contributed by atoms with Crippen LogP contribution in [0.3, 0.4) is 0 Å². The summed E-state index contributed by atoms with van der Waals surface area (Å²) in [6.07, 6.45) is 1.60. The van der Waals surface area contributed by atoms with E-state index in [1.165, 1.54) is 0 Å². The number of hydrogen-bond acceptors (Lipinski definition) is 4. The van der Waals surface area contributed by atoms with Gasteiger partial charge in [0.1, 0.15) is 0 Å². The molecule has 6 nitrogen and oxygen atoms in total. The highest BCUT2D eigenvalue weighted by Crippen LogP contribution is 2.20. The number of anilines is 2. The third kappa shape index (κ3) is 2.69. The van der Waals surface area contributed by atoms with Crippen LogP contribution in [-0.4, -0.2) is 47.2 Å². The quantitative estimate of drug-likeness (QED) is 0.814. The minimum atomic E-state index is 0.0495. The van der Waals surface area contributed by atoms with E-state index in [0.29, 0.717) is 18.7 Å². The lowest BCUT2D eigenvalue weighted by molar-refractivity contribution is 0.0746. The first-order valence-electron chi connectivity index (χ1n) is 7.05. The topological polar surface area (TPSA) is 78.2 Å². The van der Waals surface area contributed by atoms with E-state index >= 15 is 0 Å². The number of amides is 1. The van der Waals surface area contributed by atoms with E-state index in [4.69, 9.17) is 5.73 Å². The van der Waals surface area contributed by atoms with Crippen LogP contribution in [0.2, 0.25) is 0 Å². The molecule has 2 heterocycles. The molecule has 3 N–H and O–H groups in total. The van der Waals surface area contributed by atoms with Crippen LogP contribution in [0.15, 0.2) is 30.5 Å². The minimum Gasteiger partial charge on any atom is -0.399 e. The van der Waals surface area contributed by atoms with Gasteiger partial charge in [-0.2, -0.15) is 5.10 Å². The van der Waals surface area contributed by atoms with Crippen molar-refractivity contribution in [1.29, 1.82) is 0 Å². The third-order valence-corrected chi connectivity index (χ3v) is 3.86. The number of carbonyl (C=O) groups excluding carboxylic acids is 1. The molecule has 0 saturated carbocycles. The zero-order valence-electron chi connectivity index (χ0n) is 12.0. The Hall–Kier alpha value is -2.50. The molecule has 1 aromatic carbocycles. The zero-order chi connectivity index (χ0) is 14.8. The number of nitrogens with one attached hydrogen (secondary N) is 1. The van der Waals surface area contributed by atoms with Crippen molar-refractivity contribution in [2.45, 2.75) is 6.92 Å². The second-order valence-electron chi connectivity index (χ2n) is 5.28. The van der Waals surface area contributed by atoms with Gasteiger partial charge in [-0.15, -0.1) is 0 Å². The van der Waals surface area contributed by atoms with E-state index in [0.717, 1.165) is 30.2 Å². The van der Waals surface area contributed by atoms with Gasteiger partial charge in [0.15, 0.2) is 0 Å². The highest BCUT2D eigenvalue weighted by molar-refractivity contribution is 5.95. The lowest BCUT2D eigenvalue weighted by Crippen LogP contribution is -2.48. The molecule has 0 spiro atoms. The Kier molecular flexibility index (Phi) is 3.51. The van der Waals surface area contributed by atoms with E-state index in [1.807, 2.05) is 36.1 Å².